The molecular weight excluding hydrogens is 523 g/mol. The van der Waals surface area contributed by atoms with Gasteiger partial charge in [0.05, 0.1) is 22.7 Å². The number of aliphatic hydroxyl groups is 2. The lowest BCUT2D eigenvalue weighted by Gasteiger charge is -2.11. The first-order valence-electron chi connectivity index (χ1n) is 10.8. The molecule has 0 radical (unpaired) electrons. The molecule has 8 nitrogen and oxygen atoms in total. The van der Waals surface area contributed by atoms with Gasteiger partial charge in [0.2, 0.25) is 0 Å². The molecule has 0 aliphatic carbocycles. The van der Waals surface area contributed by atoms with Crippen molar-refractivity contribution in [1.82, 2.24) is 15.0 Å². The highest BCUT2D eigenvalue weighted by atomic mass is 35.5. The number of aromatic nitrogens is 3. The first kappa shape index (κ1) is 25.9. The van der Waals surface area contributed by atoms with Gasteiger partial charge in [-0.25, -0.2) is 9.97 Å². The first-order chi connectivity index (χ1) is 17.1. The largest absolute Gasteiger partial charge is 0.491 e. The average Bonchev–Trinajstić information content (AvgIpc) is 3.26. The fourth-order valence-electron chi connectivity index (χ4n) is 3.48. The van der Waals surface area contributed by atoms with Crippen LogP contribution in [0.2, 0.25) is 5.02 Å². The van der Waals surface area contributed by atoms with Crippen molar-refractivity contribution in [3.8, 4) is 11.5 Å². The van der Waals surface area contributed by atoms with Gasteiger partial charge in [-0.1, -0.05) is 17.7 Å². The number of halogens is 2. The summed E-state index contributed by atoms with van der Waals surface area (Å²) in [5, 5.41) is 24.2. The molecule has 3 N–H and O–H groups in total. The molecule has 186 valence electrons. The lowest BCUT2D eigenvalue weighted by atomic mass is 10.2. The number of anilines is 2. The van der Waals surface area contributed by atoms with Crippen LogP contribution in [0.25, 0.3) is 20.3 Å². The Bertz CT molecular complexity index is 1470. The monoisotopic (exact) mass is 544 g/mol. The molecule has 0 spiro atoms. The van der Waals surface area contributed by atoms with Crippen LogP contribution in [0.1, 0.15) is 5.69 Å². The molecule has 2 aromatic carbocycles. The summed E-state index contributed by atoms with van der Waals surface area (Å²) >= 11 is 7.99. The molecule has 5 aromatic rings. The van der Waals surface area contributed by atoms with Crippen molar-refractivity contribution in [2.45, 2.75) is 12.7 Å². The minimum Gasteiger partial charge on any atom is -0.491 e. The van der Waals surface area contributed by atoms with E-state index in [0.29, 0.717) is 28.9 Å². The van der Waals surface area contributed by atoms with Gasteiger partial charge >= 0.3 is 0 Å². The van der Waals surface area contributed by atoms with E-state index in [9.17, 15) is 5.11 Å². The minimum absolute atomic E-state index is 0. The van der Waals surface area contributed by atoms with Crippen molar-refractivity contribution in [2.75, 3.05) is 18.5 Å². The molecule has 0 saturated heterocycles. The van der Waals surface area contributed by atoms with Crippen molar-refractivity contribution < 1.29 is 19.7 Å². The predicted molar refractivity (Wildman–Crippen MR) is 144 cm³/mol. The van der Waals surface area contributed by atoms with Crippen LogP contribution in [0.15, 0.2) is 67.1 Å². The third kappa shape index (κ3) is 5.77. The van der Waals surface area contributed by atoms with Crippen LogP contribution < -0.4 is 14.8 Å². The molecule has 36 heavy (non-hydrogen) atoms. The van der Waals surface area contributed by atoms with Crippen LogP contribution in [0.5, 0.6) is 11.5 Å². The van der Waals surface area contributed by atoms with Gasteiger partial charge in [-0.15, -0.1) is 23.7 Å². The molecule has 0 bridgehead atoms. The SMILES string of the molecule is Cl.OC[C@@H](O)COc1ccc2c(c1)sc1ncnc(Nc3ccc(OCc4ccccn4)c(Cl)c3)c12. The number of nitrogens with one attached hydrogen (secondary N) is 1. The molecular formula is C25H22Cl2N4O4S. The maximum atomic E-state index is 9.52. The van der Waals surface area contributed by atoms with Gasteiger partial charge in [0.25, 0.3) is 0 Å². The van der Waals surface area contributed by atoms with Crippen LogP contribution in [-0.2, 0) is 6.61 Å². The maximum Gasteiger partial charge on any atom is 0.143 e. The zero-order chi connectivity index (χ0) is 24.2. The fraction of sp³-hybridized carbons (Fsp3) is 0.160. The molecule has 0 amide bonds. The highest BCUT2D eigenvalue weighted by molar-refractivity contribution is 7.25. The van der Waals surface area contributed by atoms with Gasteiger partial charge in [0.1, 0.15) is 47.8 Å². The van der Waals surface area contributed by atoms with E-state index in [0.717, 1.165) is 31.7 Å². The Kier molecular flexibility index (Phi) is 8.40. The van der Waals surface area contributed by atoms with Crippen molar-refractivity contribution in [1.29, 1.82) is 0 Å². The van der Waals surface area contributed by atoms with Crippen LogP contribution in [-0.4, -0.2) is 44.5 Å². The smallest absolute Gasteiger partial charge is 0.143 e. The Morgan fingerprint density at radius 2 is 1.92 bits per heavy atom. The number of thiophene rings is 1. The second-order valence-electron chi connectivity index (χ2n) is 7.69. The molecule has 0 aliphatic rings. The predicted octanol–water partition coefficient (Wildman–Crippen LogP) is 5.37. The van der Waals surface area contributed by atoms with Crippen molar-refractivity contribution in [2.24, 2.45) is 0 Å². The highest BCUT2D eigenvalue weighted by Gasteiger charge is 2.14. The number of nitrogens with zero attached hydrogens (tertiary/aromatic N) is 3. The lowest BCUT2D eigenvalue weighted by Crippen LogP contribution is -2.21. The minimum atomic E-state index is -0.923. The first-order valence-corrected chi connectivity index (χ1v) is 12.0. The number of benzene rings is 2. The number of hydrogen-bond acceptors (Lipinski definition) is 9. The molecule has 1 atom stereocenters. The van der Waals surface area contributed by atoms with Crippen LogP contribution in [0.4, 0.5) is 11.5 Å². The van der Waals surface area contributed by atoms with Crippen molar-refractivity contribution in [3.63, 3.8) is 0 Å². The van der Waals surface area contributed by atoms with Gasteiger partial charge in [-0.3, -0.25) is 4.98 Å². The summed E-state index contributed by atoms with van der Waals surface area (Å²) in [6.07, 6.45) is 2.31. The number of hydrogen-bond donors (Lipinski definition) is 3. The number of fused-ring (bicyclic) bond motifs is 3. The van der Waals surface area contributed by atoms with Gasteiger partial charge in [-0.05, 0) is 48.5 Å². The third-order valence-electron chi connectivity index (χ3n) is 5.19. The standard InChI is InChI=1S/C25H21ClN4O4S.ClH/c26-20-9-15(4-7-21(20)34-12-16-3-1-2-8-27-16)30-24-23-19-6-5-18(33-13-17(32)11-31)10-22(19)35-25(23)29-14-28-24;/h1-10,14,17,31-32H,11-13H2,(H,28,29,30);1H/t17-;/m1./s1. The maximum absolute atomic E-state index is 9.52. The molecule has 5 rings (SSSR count). The fourth-order valence-corrected chi connectivity index (χ4v) is 4.79. The van der Waals surface area contributed by atoms with Crippen LogP contribution >= 0.6 is 35.3 Å². The average molecular weight is 545 g/mol. The summed E-state index contributed by atoms with van der Waals surface area (Å²) in [5.74, 6) is 1.83. The van der Waals surface area contributed by atoms with E-state index in [4.69, 9.17) is 26.2 Å². The van der Waals surface area contributed by atoms with Gasteiger partial charge < -0.3 is 25.0 Å². The van der Waals surface area contributed by atoms with E-state index in [1.165, 1.54) is 17.7 Å². The van der Waals surface area contributed by atoms with E-state index >= 15 is 0 Å². The van der Waals surface area contributed by atoms with E-state index in [1.807, 2.05) is 48.5 Å². The number of aliphatic hydroxyl groups excluding tert-OH is 2. The normalized spacial score (nSPS) is 11.8. The molecule has 0 saturated carbocycles. The second kappa shape index (κ2) is 11.7. The Morgan fingerprint density at radius 3 is 2.69 bits per heavy atom. The van der Waals surface area contributed by atoms with E-state index in [1.54, 1.807) is 12.3 Å². The summed E-state index contributed by atoms with van der Waals surface area (Å²) in [4.78, 5) is 14.0. The molecule has 3 heterocycles. The topological polar surface area (TPSA) is 110 Å². The number of pyridine rings is 1. The second-order valence-corrected chi connectivity index (χ2v) is 9.13. The number of ether oxygens (including phenoxy) is 2. The Morgan fingerprint density at radius 1 is 1.03 bits per heavy atom. The number of rotatable bonds is 9. The van der Waals surface area contributed by atoms with Crippen molar-refractivity contribution in [3.05, 3.63) is 77.8 Å². The Hall–Kier alpha value is -3.21. The van der Waals surface area contributed by atoms with E-state index < -0.39 is 6.10 Å². The molecule has 0 aliphatic heterocycles. The molecule has 0 fully saturated rings. The zero-order valence-corrected chi connectivity index (χ0v) is 21.2. The molecule has 0 unspecified atom stereocenters. The van der Waals surface area contributed by atoms with Gasteiger partial charge in [0, 0.05) is 22.0 Å². The third-order valence-corrected chi connectivity index (χ3v) is 6.55. The van der Waals surface area contributed by atoms with E-state index in [-0.39, 0.29) is 25.6 Å². The zero-order valence-electron chi connectivity index (χ0n) is 18.8. The lowest BCUT2D eigenvalue weighted by molar-refractivity contribution is 0.0536. The van der Waals surface area contributed by atoms with Crippen molar-refractivity contribution >= 4 is 67.2 Å². The van der Waals surface area contributed by atoms with Crippen LogP contribution in [0, 0.1) is 0 Å². The van der Waals surface area contributed by atoms with Gasteiger partial charge in [0.15, 0.2) is 0 Å². The molecule has 11 heteroatoms. The summed E-state index contributed by atoms with van der Waals surface area (Å²) in [6, 6.07) is 16.8. The Balaban J connectivity index is 0.00000304. The summed E-state index contributed by atoms with van der Waals surface area (Å²) in [6.45, 7) is -0.00955. The quantitative estimate of drug-likeness (QED) is 0.227. The molecule has 3 aromatic heterocycles. The summed E-state index contributed by atoms with van der Waals surface area (Å²) in [7, 11) is 0. The summed E-state index contributed by atoms with van der Waals surface area (Å²) < 4.78 is 12.4. The Labute approximate surface area is 221 Å². The summed E-state index contributed by atoms with van der Waals surface area (Å²) in [5.41, 5.74) is 1.58. The highest BCUT2D eigenvalue weighted by Crippen LogP contribution is 2.39. The van der Waals surface area contributed by atoms with Gasteiger partial charge in [-0.2, -0.15) is 0 Å². The van der Waals surface area contributed by atoms with Crippen LogP contribution in [0.3, 0.4) is 0 Å². The van der Waals surface area contributed by atoms with E-state index in [2.05, 4.69) is 20.3 Å².